The van der Waals surface area contributed by atoms with Crippen LogP contribution in [0.5, 0.6) is 0 Å². The third-order valence-corrected chi connectivity index (χ3v) is 2.05. The topological polar surface area (TPSA) is 70.2 Å². The van der Waals surface area contributed by atoms with Crippen LogP contribution in [0.3, 0.4) is 0 Å². The van der Waals surface area contributed by atoms with Crippen LogP contribution in [0.15, 0.2) is 18.3 Å². The number of nitrogens with one attached hydrogen (secondary N) is 1. The number of Topliss-reactive ketones (excluding diaryl/α,β-unsaturated/α-hetero) is 1. The van der Waals surface area contributed by atoms with Crippen molar-refractivity contribution in [2.45, 2.75) is 20.3 Å². The highest BCUT2D eigenvalue weighted by Crippen LogP contribution is 2.25. The molecule has 0 spiro atoms. The summed E-state index contributed by atoms with van der Waals surface area (Å²) in [6.07, 6.45) is 1.48. The third-order valence-electron chi connectivity index (χ3n) is 2.05. The van der Waals surface area contributed by atoms with Crippen molar-refractivity contribution in [3.63, 3.8) is 0 Å². The predicted molar refractivity (Wildman–Crippen MR) is 51.2 cm³/mol. The predicted octanol–water partition coefficient (Wildman–Crippen LogP) is 1.70. The largest absolute Gasteiger partial charge is 0.481 e. The molecule has 0 radical (unpaired) electrons. The van der Waals surface area contributed by atoms with Gasteiger partial charge < -0.3 is 10.1 Å². The monoisotopic (exact) mass is 195 g/mol. The average Bonchev–Trinajstić information content (AvgIpc) is 2.51. The molecule has 0 saturated carbocycles. The quantitative estimate of drug-likeness (QED) is 0.718. The number of hydrogen-bond donors (Lipinski definition) is 2. The van der Waals surface area contributed by atoms with E-state index < -0.39 is 11.4 Å². The van der Waals surface area contributed by atoms with Gasteiger partial charge in [-0.1, -0.05) is 13.8 Å². The summed E-state index contributed by atoms with van der Waals surface area (Å²) >= 11 is 0. The van der Waals surface area contributed by atoms with Gasteiger partial charge in [0.05, 0.1) is 12.1 Å². The minimum Gasteiger partial charge on any atom is -0.481 e. The smallest absolute Gasteiger partial charge is 0.304 e. The van der Waals surface area contributed by atoms with Gasteiger partial charge in [-0.2, -0.15) is 0 Å². The van der Waals surface area contributed by atoms with Gasteiger partial charge in [0, 0.05) is 11.6 Å². The molecule has 0 aromatic carbocycles. The van der Waals surface area contributed by atoms with E-state index in [1.807, 2.05) is 0 Å². The zero-order chi connectivity index (χ0) is 10.8. The van der Waals surface area contributed by atoms with Crippen molar-refractivity contribution < 1.29 is 14.7 Å². The van der Waals surface area contributed by atoms with E-state index in [0.29, 0.717) is 5.69 Å². The first kappa shape index (κ1) is 10.5. The number of carbonyl (C=O) groups excluding carboxylic acids is 1. The van der Waals surface area contributed by atoms with Crippen LogP contribution in [-0.4, -0.2) is 21.8 Å². The Hall–Kier alpha value is -1.58. The van der Waals surface area contributed by atoms with Gasteiger partial charge in [0.2, 0.25) is 0 Å². The fourth-order valence-electron chi connectivity index (χ4n) is 1.29. The molecule has 0 saturated heterocycles. The maximum absolute atomic E-state index is 11.8. The Labute approximate surface area is 81.9 Å². The molecule has 0 unspecified atom stereocenters. The van der Waals surface area contributed by atoms with Crippen LogP contribution in [0, 0.1) is 5.41 Å². The highest BCUT2D eigenvalue weighted by molar-refractivity contribution is 6.00. The number of aliphatic carboxylic acids is 1. The summed E-state index contributed by atoms with van der Waals surface area (Å²) in [6, 6.07) is 3.36. The highest BCUT2D eigenvalue weighted by atomic mass is 16.4. The molecule has 1 rings (SSSR count). The van der Waals surface area contributed by atoms with Crippen molar-refractivity contribution in [2.24, 2.45) is 5.41 Å². The van der Waals surface area contributed by atoms with E-state index >= 15 is 0 Å². The Morgan fingerprint density at radius 2 is 2.14 bits per heavy atom. The summed E-state index contributed by atoms with van der Waals surface area (Å²) in [4.78, 5) is 25.1. The van der Waals surface area contributed by atoms with Gasteiger partial charge in [-0.3, -0.25) is 9.59 Å². The second-order valence-corrected chi connectivity index (χ2v) is 3.87. The summed E-state index contributed by atoms with van der Waals surface area (Å²) in [5.74, 6) is -1.14. The summed E-state index contributed by atoms with van der Waals surface area (Å²) in [6.45, 7) is 3.26. The average molecular weight is 195 g/mol. The van der Waals surface area contributed by atoms with Gasteiger partial charge in [-0.25, -0.2) is 0 Å². The summed E-state index contributed by atoms with van der Waals surface area (Å²) in [5.41, 5.74) is -0.410. The van der Waals surface area contributed by atoms with E-state index in [-0.39, 0.29) is 12.2 Å². The molecule has 0 fully saturated rings. The summed E-state index contributed by atoms with van der Waals surface area (Å²) in [5, 5.41) is 8.63. The van der Waals surface area contributed by atoms with Crippen molar-refractivity contribution in [3.05, 3.63) is 24.0 Å². The van der Waals surface area contributed by atoms with Crippen LogP contribution in [0.1, 0.15) is 30.8 Å². The zero-order valence-electron chi connectivity index (χ0n) is 8.20. The molecule has 4 nitrogen and oxygen atoms in total. The minimum atomic E-state index is -0.963. The molecule has 14 heavy (non-hydrogen) atoms. The number of carboxylic acid groups (broad SMARTS) is 1. The lowest BCUT2D eigenvalue weighted by Crippen LogP contribution is -2.27. The van der Waals surface area contributed by atoms with Gasteiger partial charge in [-0.15, -0.1) is 0 Å². The number of carboxylic acids is 1. The molecular formula is C10H13NO3. The first-order valence-corrected chi connectivity index (χ1v) is 4.33. The zero-order valence-corrected chi connectivity index (χ0v) is 8.20. The molecule has 0 aliphatic rings. The van der Waals surface area contributed by atoms with Crippen molar-refractivity contribution in [3.8, 4) is 0 Å². The van der Waals surface area contributed by atoms with E-state index in [1.54, 1.807) is 32.2 Å². The van der Waals surface area contributed by atoms with E-state index in [0.717, 1.165) is 0 Å². The fraction of sp³-hybridized carbons (Fsp3) is 0.400. The summed E-state index contributed by atoms with van der Waals surface area (Å²) in [7, 11) is 0. The van der Waals surface area contributed by atoms with Crippen molar-refractivity contribution in [2.75, 3.05) is 0 Å². The van der Waals surface area contributed by atoms with Crippen molar-refractivity contribution in [1.29, 1.82) is 0 Å². The van der Waals surface area contributed by atoms with Gasteiger partial charge in [-0.05, 0) is 12.1 Å². The van der Waals surface area contributed by atoms with Crippen LogP contribution >= 0.6 is 0 Å². The molecule has 1 aromatic heterocycles. The van der Waals surface area contributed by atoms with Crippen LogP contribution < -0.4 is 0 Å². The maximum Gasteiger partial charge on any atom is 0.304 e. The van der Waals surface area contributed by atoms with Crippen LogP contribution in [0.25, 0.3) is 0 Å². The standard InChI is InChI=1S/C10H13NO3/c1-10(2,6-8(12)13)9(14)7-4-3-5-11-7/h3-5,11H,6H2,1-2H3,(H,12,13). The Kier molecular flexibility index (Phi) is 2.74. The number of H-pyrrole nitrogens is 1. The number of aromatic nitrogens is 1. The lowest BCUT2D eigenvalue weighted by Gasteiger charge is -2.19. The molecule has 0 bridgehead atoms. The number of carbonyl (C=O) groups is 2. The van der Waals surface area contributed by atoms with Crippen molar-refractivity contribution >= 4 is 11.8 Å². The Bertz CT molecular complexity index is 338. The van der Waals surface area contributed by atoms with Crippen molar-refractivity contribution in [1.82, 2.24) is 4.98 Å². The first-order valence-electron chi connectivity index (χ1n) is 4.33. The van der Waals surface area contributed by atoms with Gasteiger partial charge in [0.25, 0.3) is 0 Å². The van der Waals surface area contributed by atoms with Gasteiger partial charge in [0.15, 0.2) is 5.78 Å². The van der Waals surface area contributed by atoms with E-state index in [2.05, 4.69) is 4.98 Å². The Balaban J connectivity index is 2.83. The Morgan fingerprint density at radius 3 is 2.57 bits per heavy atom. The molecule has 0 amide bonds. The first-order chi connectivity index (χ1) is 6.43. The van der Waals surface area contributed by atoms with Crippen LogP contribution in [-0.2, 0) is 4.79 Å². The highest BCUT2D eigenvalue weighted by Gasteiger charge is 2.31. The molecular weight excluding hydrogens is 182 g/mol. The van der Waals surface area contributed by atoms with Gasteiger partial charge >= 0.3 is 5.97 Å². The fourth-order valence-corrected chi connectivity index (χ4v) is 1.29. The molecule has 0 atom stereocenters. The molecule has 1 aromatic rings. The summed E-state index contributed by atoms with van der Waals surface area (Å²) < 4.78 is 0. The van der Waals surface area contributed by atoms with Crippen LogP contribution in [0.4, 0.5) is 0 Å². The lowest BCUT2D eigenvalue weighted by molar-refractivity contribution is -0.138. The normalized spacial score (nSPS) is 11.3. The lowest BCUT2D eigenvalue weighted by atomic mass is 9.83. The van der Waals surface area contributed by atoms with Crippen LogP contribution in [0.2, 0.25) is 0 Å². The second kappa shape index (κ2) is 3.65. The number of hydrogen-bond acceptors (Lipinski definition) is 2. The molecule has 0 aliphatic heterocycles. The minimum absolute atomic E-state index is 0.162. The SMILES string of the molecule is CC(C)(CC(=O)O)C(=O)c1ccc[nH]1. The number of rotatable bonds is 4. The molecule has 0 aliphatic carbocycles. The van der Waals surface area contributed by atoms with E-state index in [9.17, 15) is 9.59 Å². The number of ketones is 1. The number of aromatic amines is 1. The molecule has 1 heterocycles. The Morgan fingerprint density at radius 1 is 1.50 bits per heavy atom. The molecule has 2 N–H and O–H groups in total. The molecule has 76 valence electrons. The third kappa shape index (κ3) is 2.22. The van der Waals surface area contributed by atoms with E-state index in [1.165, 1.54) is 0 Å². The van der Waals surface area contributed by atoms with Gasteiger partial charge in [0.1, 0.15) is 0 Å². The van der Waals surface area contributed by atoms with E-state index in [4.69, 9.17) is 5.11 Å². The second-order valence-electron chi connectivity index (χ2n) is 3.87. The molecule has 4 heteroatoms. The maximum atomic E-state index is 11.8.